The Hall–Kier alpha value is -1.47. The highest BCUT2D eigenvalue weighted by molar-refractivity contribution is 7.12. The van der Waals surface area contributed by atoms with Gasteiger partial charge in [0.15, 0.2) is 6.10 Å². The van der Waals surface area contributed by atoms with Crippen LogP contribution in [0.15, 0.2) is 47.7 Å². The average molecular weight is 391 g/mol. The lowest BCUT2D eigenvalue weighted by Crippen LogP contribution is -2.64. The van der Waals surface area contributed by atoms with E-state index < -0.39 is 11.6 Å². The summed E-state index contributed by atoms with van der Waals surface area (Å²) in [5.41, 5.74) is -1.71. The molecule has 2 bridgehead atoms. The number of rotatable bonds is 6. The third-order valence-electron chi connectivity index (χ3n) is 5.87. The molecule has 2 aromatic rings. The van der Waals surface area contributed by atoms with Gasteiger partial charge in [-0.3, -0.25) is 0 Å². The SMILES string of the molecule is C=CC[N+]12CCC(CC1)[C@@H](OC(=O)C(O)(c1cccs1)c1cccs1)C2. The van der Waals surface area contributed by atoms with Gasteiger partial charge in [-0.05, 0) is 29.0 Å². The lowest BCUT2D eigenvalue weighted by Gasteiger charge is -2.51. The molecule has 1 N–H and O–H groups in total. The molecule has 0 aliphatic carbocycles. The van der Waals surface area contributed by atoms with E-state index in [0.717, 1.165) is 43.5 Å². The Bertz CT molecular complexity index is 727. The van der Waals surface area contributed by atoms with Gasteiger partial charge in [0.25, 0.3) is 0 Å². The van der Waals surface area contributed by atoms with Gasteiger partial charge >= 0.3 is 5.97 Å². The predicted octanol–water partition coefficient (Wildman–Crippen LogP) is 3.38. The summed E-state index contributed by atoms with van der Waals surface area (Å²) in [6.07, 6.45) is 3.99. The Morgan fingerprint density at radius 2 is 1.88 bits per heavy atom. The van der Waals surface area contributed by atoms with Crippen LogP contribution in [-0.2, 0) is 15.1 Å². The van der Waals surface area contributed by atoms with E-state index in [9.17, 15) is 9.90 Å². The molecule has 26 heavy (non-hydrogen) atoms. The molecule has 3 aliphatic rings. The molecule has 0 unspecified atom stereocenters. The van der Waals surface area contributed by atoms with Crippen molar-refractivity contribution in [3.05, 3.63) is 57.4 Å². The first-order valence-electron chi connectivity index (χ1n) is 9.05. The van der Waals surface area contributed by atoms with E-state index in [-0.39, 0.29) is 6.10 Å². The maximum absolute atomic E-state index is 13.2. The van der Waals surface area contributed by atoms with Crippen molar-refractivity contribution in [1.29, 1.82) is 0 Å². The third kappa shape index (κ3) is 2.95. The van der Waals surface area contributed by atoms with E-state index in [1.807, 2.05) is 29.0 Å². The second kappa shape index (κ2) is 6.93. The minimum Gasteiger partial charge on any atom is -0.453 e. The Balaban J connectivity index is 1.59. The van der Waals surface area contributed by atoms with Crippen molar-refractivity contribution in [2.45, 2.75) is 24.5 Å². The number of carbonyl (C=O) groups is 1. The van der Waals surface area contributed by atoms with Gasteiger partial charge in [0.1, 0.15) is 6.54 Å². The zero-order chi connectivity index (χ0) is 18.2. The van der Waals surface area contributed by atoms with E-state index >= 15 is 0 Å². The van der Waals surface area contributed by atoms with Gasteiger partial charge in [0.05, 0.1) is 29.4 Å². The summed E-state index contributed by atoms with van der Waals surface area (Å²) < 4.78 is 6.94. The van der Waals surface area contributed by atoms with Gasteiger partial charge in [-0.15, -0.1) is 22.7 Å². The fourth-order valence-electron chi connectivity index (χ4n) is 4.40. The summed E-state index contributed by atoms with van der Waals surface area (Å²) in [5, 5.41) is 15.1. The molecular weight excluding hydrogens is 366 g/mol. The number of hydrogen-bond donors (Lipinski definition) is 1. The van der Waals surface area contributed by atoms with Gasteiger partial charge in [0.2, 0.25) is 5.60 Å². The number of piperidine rings is 3. The van der Waals surface area contributed by atoms with Crippen LogP contribution in [0.25, 0.3) is 0 Å². The number of ether oxygens (including phenoxy) is 1. The lowest BCUT2D eigenvalue weighted by molar-refractivity contribution is -0.941. The van der Waals surface area contributed by atoms with Crippen LogP contribution in [0.2, 0.25) is 0 Å². The van der Waals surface area contributed by atoms with Gasteiger partial charge in [-0.2, -0.15) is 0 Å². The smallest absolute Gasteiger partial charge is 0.349 e. The first-order chi connectivity index (χ1) is 12.6. The molecule has 1 atom stereocenters. The first kappa shape index (κ1) is 17.9. The molecule has 0 spiro atoms. The molecular formula is C20H24NO3S2+. The van der Waals surface area contributed by atoms with E-state index in [0.29, 0.717) is 15.7 Å². The molecule has 138 valence electrons. The monoisotopic (exact) mass is 390 g/mol. The fourth-order valence-corrected chi connectivity index (χ4v) is 6.11. The molecule has 3 saturated heterocycles. The van der Waals surface area contributed by atoms with Crippen LogP contribution in [-0.4, -0.2) is 47.8 Å². The van der Waals surface area contributed by atoms with Crippen molar-refractivity contribution in [1.82, 2.24) is 0 Å². The molecule has 0 aromatic carbocycles. The average Bonchev–Trinajstić information content (AvgIpc) is 3.36. The van der Waals surface area contributed by atoms with Crippen molar-refractivity contribution < 1.29 is 19.1 Å². The molecule has 3 fully saturated rings. The summed E-state index contributed by atoms with van der Waals surface area (Å²) in [7, 11) is 0. The second-order valence-electron chi connectivity index (χ2n) is 7.39. The Morgan fingerprint density at radius 3 is 2.38 bits per heavy atom. The van der Waals surface area contributed by atoms with Crippen LogP contribution in [0.5, 0.6) is 0 Å². The number of aliphatic hydroxyl groups is 1. The number of nitrogens with zero attached hydrogens (tertiary/aromatic N) is 1. The third-order valence-corrected chi connectivity index (χ3v) is 7.82. The summed E-state index contributed by atoms with van der Waals surface area (Å²) in [6, 6.07) is 7.30. The number of thiophene rings is 2. The lowest BCUT2D eigenvalue weighted by atomic mass is 9.83. The maximum atomic E-state index is 13.2. The molecule has 6 heteroatoms. The zero-order valence-corrected chi connectivity index (χ0v) is 16.3. The summed E-state index contributed by atoms with van der Waals surface area (Å²) in [4.78, 5) is 14.4. The number of esters is 1. The van der Waals surface area contributed by atoms with Gasteiger partial charge in [-0.25, -0.2) is 4.79 Å². The Kier molecular flexibility index (Phi) is 4.77. The van der Waals surface area contributed by atoms with Crippen LogP contribution in [0.4, 0.5) is 0 Å². The van der Waals surface area contributed by atoms with Crippen molar-refractivity contribution in [2.24, 2.45) is 5.92 Å². The van der Waals surface area contributed by atoms with Crippen molar-refractivity contribution >= 4 is 28.6 Å². The minimum absolute atomic E-state index is 0.128. The van der Waals surface area contributed by atoms with E-state index in [1.165, 1.54) is 22.7 Å². The summed E-state index contributed by atoms with van der Waals surface area (Å²) in [5.74, 6) is -0.141. The molecule has 4 nitrogen and oxygen atoms in total. The first-order valence-corrected chi connectivity index (χ1v) is 10.8. The van der Waals surface area contributed by atoms with E-state index in [1.54, 1.807) is 12.1 Å². The second-order valence-corrected chi connectivity index (χ2v) is 9.28. The van der Waals surface area contributed by atoms with E-state index in [2.05, 4.69) is 6.58 Å². The number of quaternary nitrogens is 1. The standard InChI is InChI=1S/C20H24NO3S2/c1-2-9-21-10-7-15(8-11-21)16(14-21)24-19(22)20(23,17-5-3-12-25-17)18-6-4-13-26-18/h2-6,12-13,15-16,23H,1,7-11,14H2/q+1/t15?,16-,21?/m0/s1. The van der Waals surface area contributed by atoms with Gasteiger partial charge in [0, 0.05) is 18.8 Å². The minimum atomic E-state index is -1.71. The van der Waals surface area contributed by atoms with Crippen LogP contribution in [0, 0.1) is 5.92 Å². The molecule has 0 radical (unpaired) electrons. The van der Waals surface area contributed by atoms with Gasteiger partial charge < -0.3 is 14.3 Å². The summed E-state index contributed by atoms with van der Waals surface area (Å²) >= 11 is 2.76. The van der Waals surface area contributed by atoms with Crippen molar-refractivity contribution in [3.8, 4) is 0 Å². The Morgan fingerprint density at radius 1 is 1.27 bits per heavy atom. The van der Waals surface area contributed by atoms with Gasteiger partial charge in [-0.1, -0.05) is 18.7 Å². The highest BCUT2D eigenvalue weighted by atomic mass is 32.1. The highest BCUT2D eigenvalue weighted by Gasteiger charge is 2.50. The molecule has 3 aliphatic heterocycles. The van der Waals surface area contributed by atoms with Crippen molar-refractivity contribution in [2.75, 3.05) is 26.2 Å². The predicted molar refractivity (Wildman–Crippen MR) is 104 cm³/mol. The Labute approximate surface area is 161 Å². The van der Waals surface area contributed by atoms with Crippen LogP contribution >= 0.6 is 22.7 Å². The zero-order valence-electron chi connectivity index (χ0n) is 14.7. The number of carbonyl (C=O) groups excluding carboxylic acids is 1. The van der Waals surface area contributed by atoms with Crippen LogP contribution in [0.3, 0.4) is 0 Å². The van der Waals surface area contributed by atoms with Crippen LogP contribution < -0.4 is 0 Å². The fraction of sp³-hybridized carbons (Fsp3) is 0.450. The van der Waals surface area contributed by atoms with Crippen LogP contribution in [0.1, 0.15) is 22.6 Å². The molecule has 5 heterocycles. The topological polar surface area (TPSA) is 46.5 Å². The molecule has 5 rings (SSSR count). The number of hydrogen-bond acceptors (Lipinski definition) is 5. The number of fused-ring (bicyclic) bond motifs is 3. The van der Waals surface area contributed by atoms with E-state index in [4.69, 9.17) is 4.74 Å². The molecule has 0 saturated carbocycles. The normalized spacial score (nSPS) is 28.0. The quantitative estimate of drug-likeness (QED) is 0.467. The largest absolute Gasteiger partial charge is 0.453 e. The summed E-state index contributed by atoms with van der Waals surface area (Å²) in [6.45, 7) is 7.90. The maximum Gasteiger partial charge on any atom is 0.349 e. The highest BCUT2D eigenvalue weighted by Crippen LogP contribution is 2.40. The molecule has 2 aromatic heterocycles. The van der Waals surface area contributed by atoms with Crippen molar-refractivity contribution in [3.63, 3.8) is 0 Å². The molecule has 0 amide bonds.